The predicted molar refractivity (Wildman–Crippen MR) is 67.6 cm³/mol. The van der Waals surface area contributed by atoms with Gasteiger partial charge in [0, 0.05) is 0 Å². The third-order valence-electron chi connectivity index (χ3n) is 4.15. The Morgan fingerprint density at radius 2 is 1.06 bits per heavy atom. The zero-order chi connectivity index (χ0) is 12.8. The average Bonchev–Trinajstić information content (AvgIpc) is 2.45. The summed E-state index contributed by atoms with van der Waals surface area (Å²) < 4.78 is 0. The molecule has 0 aromatic heterocycles. The summed E-state index contributed by atoms with van der Waals surface area (Å²) in [5.41, 5.74) is 0. The van der Waals surface area contributed by atoms with Gasteiger partial charge in [-0.15, -0.1) is 0 Å². The smallest absolute Gasteiger partial charge is 0.0866 e. The Balaban J connectivity index is 1.96. The van der Waals surface area contributed by atoms with Crippen molar-refractivity contribution in [1.29, 1.82) is 10.5 Å². The first-order chi connectivity index (χ1) is 8.85. The minimum Gasteiger partial charge on any atom is -0.198 e. The number of azo groups is 1. The van der Waals surface area contributed by atoms with Crippen LogP contribution in [0.5, 0.6) is 0 Å². The molecule has 0 aromatic carbocycles. The summed E-state index contributed by atoms with van der Waals surface area (Å²) in [6.07, 6.45) is 8.42. The van der Waals surface area contributed by atoms with Gasteiger partial charge in [-0.3, -0.25) is 0 Å². The Kier molecular flexibility index (Phi) is 4.70. The number of hydrogen-bond donors (Lipinski definition) is 0. The van der Waals surface area contributed by atoms with Crippen LogP contribution in [0, 0.1) is 34.5 Å². The normalized spacial score (nSPS) is 37.0. The lowest BCUT2D eigenvalue weighted by Gasteiger charge is -2.25. The second kappa shape index (κ2) is 6.50. The van der Waals surface area contributed by atoms with Gasteiger partial charge >= 0.3 is 0 Å². The maximum Gasteiger partial charge on any atom is 0.0866 e. The fourth-order valence-corrected chi connectivity index (χ4v) is 2.97. The fourth-order valence-electron chi connectivity index (χ4n) is 2.97. The number of nitriles is 2. The SMILES string of the molecule is N#CC1CCCCC1N=NC1CCCCC1C#N. The van der Waals surface area contributed by atoms with E-state index in [1.807, 2.05) is 0 Å². The van der Waals surface area contributed by atoms with Gasteiger partial charge in [0.2, 0.25) is 0 Å². The molecule has 0 saturated heterocycles. The molecule has 0 spiro atoms. The second-order valence-corrected chi connectivity index (χ2v) is 5.41. The van der Waals surface area contributed by atoms with E-state index < -0.39 is 0 Å². The molecule has 0 aromatic rings. The van der Waals surface area contributed by atoms with Crippen LogP contribution in [0.3, 0.4) is 0 Å². The topological polar surface area (TPSA) is 72.3 Å². The van der Waals surface area contributed by atoms with Crippen molar-refractivity contribution in [1.82, 2.24) is 0 Å². The first-order valence-corrected chi connectivity index (χ1v) is 7.04. The standard InChI is InChI=1S/C14H20N4/c15-9-11-5-1-3-7-13(11)17-18-14-8-4-2-6-12(14)10-16/h11-14H,1-8H2. The van der Waals surface area contributed by atoms with Gasteiger partial charge < -0.3 is 0 Å². The molecule has 0 radical (unpaired) electrons. The number of hydrogen-bond acceptors (Lipinski definition) is 4. The van der Waals surface area contributed by atoms with Crippen molar-refractivity contribution < 1.29 is 0 Å². The van der Waals surface area contributed by atoms with Crippen molar-refractivity contribution in [3.05, 3.63) is 0 Å². The van der Waals surface area contributed by atoms with E-state index in [-0.39, 0.29) is 23.9 Å². The van der Waals surface area contributed by atoms with E-state index in [4.69, 9.17) is 10.5 Å². The van der Waals surface area contributed by atoms with Crippen LogP contribution >= 0.6 is 0 Å². The molecule has 0 amide bonds. The van der Waals surface area contributed by atoms with Crippen LogP contribution < -0.4 is 0 Å². The lowest BCUT2D eigenvalue weighted by atomic mass is 9.85. The van der Waals surface area contributed by atoms with Gasteiger partial charge in [-0.05, 0) is 25.7 Å². The van der Waals surface area contributed by atoms with Gasteiger partial charge in [0.1, 0.15) is 0 Å². The molecule has 4 unspecified atom stereocenters. The molecule has 0 bridgehead atoms. The molecular formula is C14H20N4. The maximum atomic E-state index is 9.09. The highest BCUT2D eigenvalue weighted by Gasteiger charge is 2.27. The summed E-state index contributed by atoms with van der Waals surface area (Å²) >= 11 is 0. The number of rotatable bonds is 2. The lowest BCUT2D eigenvalue weighted by molar-refractivity contribution is 0.324. The summed E-state index contributed by atoms with van der Waals surface area (Å²) in [6.45, 7) is 0. The highest BCUT2D eigenvalue weighted by Crippen LogP contribution is 2.30. The van der Waals surface area contributed by atoms with Crippen molar-refractivity contribution in [3.8, 4) is 12.1 Å². The Hall–Kier alpha value is -1.42. The molecular weight excluding hydrogens is 224 g/mol. The zero-order valence-electron chi connectivity index (χ0n) is 10.8. The van der Waals surface area contributed by atoms with Gasteiger partial charge in [-0.1, -0.05) is 25.7 Å². The molecule has 2 saturated carbocycles. The van der Waals surface area contributed by atoms with Crippen molar-refractivity contribution in [2.24, 2.45) is 22.1 Å². The van der Waals surface area contributed by atoms with Crippen molar-refractivity contribution in [3.63, 3.8) is 0 Å². The first-order valence-electron chi connectivity index (χ1n) is 7.04. The Morgan fingerprint density at radius 1 is 0.667 bits per heavy atom. The molecule has 4 atom stereocenters. The molecule has 0 heterocycles. The molecule has 96 valence electrons. The minimum atomic E-state index is 0.0339. The van der Waals surface area contributed by atoms with Gasteiger partial charge in [0.05, 0.1) is 36.1 Å². The Labute approximate surface area is 109 Å². The van der Waals surface area contributed by atoms with Crippen molar-refractivity contribution in [2.75, 3.05) is 0 Å². The molecule has 18 heavy (non-hydrogen) atoms. The fraction of sp³-hybridized carbons (Fsp3) is 0.857. The van der Waals surface area contributed by atoms with E-state index in [1.54, 1.807) is 0 Å². The van der Waals surface area contributed by atoms with Crippen LogP contribution in [0.4, 0.5) is 0 Å². The van der Waals surface area contributed by atoms with Crippen LogP contribution in [0.1, 0.15) is 51.4 Å². The second-order valence-electron chi connectivity index (χ2n) is 5.41. The molecule has 2 fully saturated rings. The van der Waals surface area contributed by atoms with Gasteiger partial charge in [-0.25, -0.2) is 0 Å². The average molecular weight is 244 g/mol. The first kappa shape index (κ1) is 13.0. The van der Waals surface area contributed by atoms with Gasteiger partial charge in [0.15, 0.2) is 0 Å². The van der Waals surface area contributed by atoms with E-state index in [0.29, 0.717) is 0 Å². The van der Waals surface area contributed by atoms with E-state index in [1.165, 1.54) is 0 Å². The van der Waals surface area contributed by atoms with Crippen molar-refractivity contribution in [2.45, 2.75) is 63.5 Å². The molecule has 2 aliphatic rings. The molecule has 4 nitrogen and oxygen atoms in total. The van der Waals surface area contributed by atoms with Crippen LogP contribution in [0.2, 0.25) is 0 Å². The summed E-state index contributed by atoms with van der Waals surface area (Å²) in [7, 11) is 0. The monoisotopic (exact) mass is 244 g/mol. The summed E-state index contributed by atoms with van der Waals surface area (Å²) in [5.74, 6) is 0.0678. The van der Waals surface area contributed by atoms with Crippen LogP contribution in [-0.2, 0) is 0 Å². The van der Waals surface area contributed by atoms with Gasteiger partial charge in [-0.2, -0.15) is 20.8 Å². The van der Waals surface area contributed by atoms with Crippen molar-refractivity contribution >= 4 is 0 Å². The quantitative estimate of drug-likeness (QED) is 0.696. The third-order valence-corrected chi connectivity index (χ3v) is 4.15. The number of nitrogens with zero attached hydrogens (tertiary/aromatic N) is 4. The third kappa shape index (κ3) is 3.07. The van der Waals surface area contributed by atoms with Crippen LogP contribution in [0.25, 0.3) is 0 Å². The van der Waals surface area contributed by atoms with Gasteiger partial charge in [0.25, 0.3) is 0 Å². The Morgan fingerprint density at radius 3 is 1.44 bits per heavy atom. The minimum absolute atomic E-state index is 0.0339. The van der Waals surface area contributed by atoms with Crippen LogP contribution in [-0.4, -0.2) is 12.1 Å². The maximum absolute atomic E-state index is 9.09. The van der Waals surface area contributed by atoms with E-state index >= 15 is 0 Å². The van der Waals surface area contributed by atoms with E-state index in [0.717, 1.165) is 51.4 Å². The molecule has 0 aliphatic heterocycles. The largest absolute Gasteiger partial charge is 0.198 e. The van der Waals surface area contributed by atoms with E-state index in [9.17, 15) is 0 Å². The van der Waals surface area contributed by atoms with Crippen LogP contribution in [0.15, 0.2) is 10.2 Å². The molecule has 4 heteroatoms. The lowest BCUT2D eigenvalue weighted by Crippen LogP contribution is -2.24. The molecule has 0 N–H and O–H groups in total. The summed E-state index contributed by atoms with van der Waals surface area (Å²) in [5, 5.41) is 27.0. The molecule has 2 aliphatic carbocycles. The summed E-state index contributed by atoms with van der Waals surface area (Å²) in [6, 6.07) is 4.84. The predicted octanol–water partition coefficient (Wildman–Crippen LogP) is 3.60. The zero-order valence-corrected chi connectivity index (χ0v) is 10.8. The van der Waals surface area contributed by atoms with E-state index in [2.05, 4.69) is 22.4 Å². The highest BCUT2D eigenvalue weighted by molar-refractivity contribution is 4.96. The molecule has 2 rings (SSSR count). The Bertz CT molecular complexity index is 340. The highest BCUT2D eigenvalue weighted by atomic mass is 15.1. The summed E-state index contributed by atoms with van der Waals surface area (Å²) in [4.78, 5) is 0.